The van der Waals surface area contributed by atoms with Gasteiger partial charge in [0.2, 0.25) is 0 Å². The zero-order chi connectivity index (χ0) is 13.8. The van der Waals surface area contributed by atoms with E-state index in [9.17, 15) is 9.90 Å². The second-order valence-corrected chi connectivity index (χ2v) is 4.65. The maximum absolute atomic E-state index is 12.0. The lowest BCUT2D eigenvalue weighted by Gasteiger charge is -2.02. The molecule has 96 valence electrons. The number of phenolic OH excluding ortho intramolecular Hbond substituents is 1. The fourth-order valence-corrected chi connectivity index (χ4v) is 1.91. The molecule has 1 N–H and O–H groups in total. The van der Waals surface area contributed by atoms with Crippen molar-refractivity contribution in [1.82, 2.24) is 0 Å². The number of hydrogen-bond donors (Lipinski definition) is 1. The summed E-state index contributed by atoms with van der Waals surface area (Å²) in [6, 6.07) is 12.2. The van der Waals surface area contributed by atoms with Gasteiger partial charge in [-0.05, 0) is 42.8 Å². The molecule has 0 aliphatic rings. The normalized spacial score (nSPS) is 10.8. The summed E-state index contributed by atoms with van der Waals surface area (Å²) >= 11 is 6.00. The third kappa shape index (κ3) is 3.24. The van der Waals surface area contributed by atoms with Gasteiger partial charge >= 0.3 is 0 Å². The lowest BCUT2D eigenvalue weighted by Crippen LogP contribution is -1.95. The van der Waals surface area contributed by atoms with Crippen LogP contribution in [0.4, 0.5) is 0 Å². The van der Waals surface area contributed by atoms with Crippen LogP contribution in [0, 0.1) is 6.92 Å². The molecule has 0 radical (unpaired) electrons. The van der Waals surface area contributed by atoms with Crippen LogP contribution in [0.2, 0.25) is 5.02 Å². The summed E-state index contributed by atoms with van der Waals surface area (Å²) in [5, 5.41) is 10.3. The predicted octanol–water partition coefficient (Wildman–Crippen LogP) is 4.25. The first-order chi connectivity index (χ1) is 9.08. The Morgan fingerprint density at radius 1 is 1.21 bits per heavy atom. The third-order valence-corrected chi connectivity index (χ3v) is 3.08. The first kappa shape index (κ1) is 13.4. The molecule has 2 aromatic rings. The van der Waals surface area contributed by atoms with Crippen molar-refractivity contribution in [2.45, 2.75) is 6.92 Å². The van der Waals surface area contributed by atoms with E-state index >= 15 is 0 Å². The van der Waals surface area contributed by atoms with Crippen molar-refractivity contribution in [3.63, 3.8) is 0 Å². The van der Waals surface area contributed by atoms with Gasteiger partial charge in [0.05, 0.1) is 5.56 Å². The molecule has 0 heterocycles. The maximum Gasteiger partial charge on any atom is 0.189 e. The highest BCUT2D eigenvalue weighted by atomic mass is 35.5. The lowest BCUT2D eigenvalue weighted by atomic mass is 10.1. The van der Waals surface area contributed by atoms with Crippen LogP contribution in [-0.4, -0.2) is 10.9 Å². The molecule has 0 fully saturated rings. The van der Waals surface area contributed by atoms with Gasteiger partial charge in [0.25, 0.3) is 0 Å². The average Bonchev–Trinajstić information content (AvgIpc) is 2.40. The van der Waals surface area contributed by atoms with Crippen LogP contribution < -0.4 is 0 Å². The summed E-state index contributed by atoms with van der Waals surface area (Å²) in [5.74, 6) is -0.263. The number of aryl methyl sites for hydroxylation is 1. The van der Waals surface area contributed by atoms with Crippen LogP contribution in [0.1, 0.15) is 21.5 Å². The lowest BCUT2D eigenvalue weighted by molar-refractivity contribution is 0.104. The second kappa shape index (κ2) is 5.72. The molecule has 2 nitrogen and oxygen atoms in total. The third-order valence-electron chi connectivity index (χ3n) is 2.74. The van der Waals surface area contributed by atoms with Crippen LogP contribution in [0.15, 0.2) is 48.5 Å². The summed E-state index contributed by atoms with van der Waals surface area (Å²) in [6.07, 6.45) is 3.06. The number of allylic oxidation sites excluding steroid dienone is 1. The van der Waals surface area contributed by atoms with Gasteiger partial charge in [-0.3, -0.25) is 4.79 Å². The van der Waals surface area contributed by atoms with Crippen LogP contribution in [0.25, 0.3) is 6.08 Å². The predicted molar refractivity (Wildman–Crippen MR) is 77.7 cm³/mol. The van der Waals surface area contributed by atoms with Gasteiger partial charge in [-0.1, -0.05) is 41.4 Å². The standard InChI is InChI=1S/C16H13ClO2/c1-11-6-8-15(18)13(10-11)16(19)9-7-12-4-2-3-5-14(12)17/h2-10,18H,1H3. The first-order valence-electron chi connectivity index (χ1n) is 5.84. The molecule has 0 saturated heterocycles. The molecular weight excluding hydrogens is 260 g/mol. The van der Waals surface area contributed by atoms with Gasteiger partial charge < -0.3 is 5.11 Å². The molecule has 2 aromatic carbocycles. The maximum atomic E-state index is 12.0. The molecule has 0 amide bonds. The molecule has 0 aromatic heterocycles. The molecule has 0 bridgehead atoms. The molecule has 2 rings (SSSR count). The number of ketones is 1. The number of phenols is 1. The zero-order valence-electron chi connectivity index (χ0n) is 10.4. The van der Waals surface area contributed by atoms with E-state index < -0.39 is 0 Å². The van der Waals surface area contributed by atoms with E-state index in [0.717, 1.165) is 11.1 Å². The van der Waals surface area contributed by atoms with Gasteiger partial charge in [0.15, 0.2) is 5.78 Å². The Morgan fingerprint density at radius 2 is 1.95 bits per heavy atom. The van der Waals surface area contributed by atoms with E-state index in [0.29, 0.717) is 10.6 Å². The number of aromatic hydroxyl groups is 1. The molecule has 0 spiro atoms. The van der Waals surface area contributed by atoms with Crippen LogP contribution in [-0.2, 0) is 0 Å². The first-order valence-corrected chi connectivity index (χ1v) is 6.22. The fourth-order valence-electron chi connectivity index (χ4n) is 1.71. The Bertz CT molecular complexity index is 645. The van der Waals surface area contributed by atoms with E-state index in [1.807, 2.05) is 25.1 Å². The van der Waals surface area contributed by atoms with Gasteiger partial charge in [0.1, 0.15) is 5.75 Å². The highest BCUT2D eigenvalue weighted by molar-refractivity contribution is 6.32. The van der Waals surface area contributed by atoms with Crippen LogP contribution in [0.5, 0.6) is 5.75 Å². The van der Waals surface area contributed by atoms with Gasteiger partial charge in [-0.25, -0.2) is 0 Å². The topological polar surface area (TPSA) is 37.3 Å². The van der Waals surface area contributed by atoms with Crippen LogP contribution in [0.3, 0.4) is 0 Å². The molecule has 0 aliphatic heterocycles. The summed E-state index contributed by atoms with van der Waals surface area (Å²) in [7, 11) is 0. The van der Waals surface area contributed by atoms with E-state index in [4.69, 9.17) is 11.6 Å². The summed E-state index contributed by atoms with van der Waals surface area (Å²) in [4.78, 5) is 12.0. The Hall–Kier alpha value is -2.06. The molecule has 0 aliphatic carbocycles. The highest BCUT2D eigenvalue weighted by Gasteiger charge is 2.08. The zero-order valence-corrected chi connectivity index (χ0v) is 11.2. The van der Waals surface area contributed by atoms with E-state index in [1.165, 1.54) is 12.1 Å². The minimum absolute atomic E-state index is 0.0144. The quantitative estimate of drug-likeness (QED) is 0.670. The van der Waals surface area contributed by atoms with Crippen LogP contribution >= 0.6 is 11.6 Å². The number of carbonyl (C=O) groups excluding carboxylic acids is 1. The fraction of sp³-hybridized carbons (Fsp3) is 0.0625. The number of carbonyl (C=O) groups is 1. The smallest absolute Gasteiger partial charge is 0.189 e. The van der Waals surface area contributed by atoms with Crippen molar-refractivity contribution in [1.29, 1.82) is 0 Å². The van der Waals surface area contributed by atoms with Crippen molar-refractivity contribution in [3.8, 4) is 5.75 Å². The van der Waals surface area contributed by atoms with E-state index in [1.54, 1.807) is 24.3 Å². The van der Waals surface area contributed by atoms with Crippen molar-refractivity contribution in [2.24, 2.45) is 0 Å². The van der Waals surface area contributed by atoms with E-state index in [-0.39, 0.29) is 11.5 Å². The van der Waals surface area contributed by atoms with Gasteiger partial charge in [-0.2, -0.15) is 0 Å². The Morgan fingerprint density at radius 3 is 2.68 bits per heavy atom. The van der Waals surface area contributed by atoms with Crippen molar-refractivity contribution in [2.75, 3.05) is 0 Å². The number of hydrogen-bond acceptors (Lipinski definition) is 2. The van der Waals surface area contributed by atoms with Gasteiger partial charge in [-0.15, -0.1) is 0 Å². The minimum atomic E-state index is -0.249. The molecule has 0 atom stereocenters. The molecule has 3 heteroatoms. The number of halogens is 1. The SMILES string of the molecule is Cc1ccc(O)c(C(=O)C=Cc2ccccc2Cl)c1. The average molecular weight is 273 g/mol. The summed E-state index contributed by atoms with van der Waals surface area (Å²) in [5.41, 5.74) is 1.99. The minimum Gasteiger partial charge on any atom is -0.507 e. The summed E-state index contributed by atoms with van der Waals surface area (Å²) in [6.45, 7) is 1.87. The Labute approximate surface area is 117 Å². The largest absolute Gasteiger partial charge is 0.507 e. The molecular formula is C16H13ClO2. The Kier molecular flexibility index (Phi) is 4.03. The number of benzene rings is 2. The molecule has 0 unspecified atom stereocenters. The monoisotopic (exact) mass is 272 g/mol. The second-order valence-electron chi connectivity index (χ2n) is 4.24. The van der Waals surface area contributed by atoms with Crippen molar-refractivity contribution in [3.05, 3.63) is 70.3 Å². The Balaban J connectivity index is 2.26. The highest BCUT2D eigenvalue weighted by Crippen LogP contribution is 2.21. The van der Waals surface area contributed by atoms with Crippen molar-refractivity contribution < 1.29 is 9.90 Å². The van der Waals surface area contributed by atoms with Crippen molar-refractivity contribution >= 4 is 23.5 Å². The molecule has 19 heavy (non-hydrogen) atoms. The summed E-state index contributed by atoms with van der Waals surface area (Å²) < 4.78 is 0. The number of rotatable bonds is 3. The van der Waals surface area contributed by atoms with E-state index in [2.05, 4.69) is 0 Å². The van der Waals surface area contributed by atoms with Gasteiger partial charge in [0, 0.05) is 5.02 Å². The molecule has 0 saturated carbocycles.